The highest BCUT2D eigenvalue weighted by Crippen LogP contribution is 2.07. The molecule has 7 heteroatoms. The Morgan fingerprint density at radius 1 is 1.29 bits per heavy atom. The second kappa shape index (κ2) is 10.8. The minimum absolute atomic E-state index is 0.268. The molecule has 0 aliphatic rings. The molecule has 21 heavy (non-hydrogen) atoms. The van der Waals surface area contributed by atoms with Gasteiger partial charge in [-0.15, -0.1) is 0 Å². The number of hydrogen-bond acceptors (Lipinski definition) is 5. The van der Waals surface area contributed by atoms with Crippen LogP contribution >= 0.6 is 0 Å². The zero-order chi connectivity index (χ0) is 16.3. The first-order chi connectivity index (χ1) is 9.77. The van der Waals surface area contributed by atoms with Crippen molar-refractivity contribution in [3.63, 3.8) is 0 Å². The molecule has 124 valence electrons. The molecule has 0 aromatic rings. The molecule has 0 bridgehead atoms. The zero-order valence-electron chi connectivity index (χ0n) is 12.7. The number of ether oxygens (including phenoxy) is 1. The lowest BCUT2D eigenvalue weighted by atomic mass is 10.1. The summed E-state index contributed by atoms with van der Waals surface area (Å²) >= 11 is 0. The van der Waals surface area contributed by atoms with E-state index in [1.807, 2.05) is 6.08 Å². The summed E-state index contributed by atoms with van der Waals surface area (Å²) in [6.45, 7) is 3.86. The molecule has 2 unspecified atom stereocenters. The maximum atomic E-state index is 11.4. The SMILES string of the molecule is CCCCCC/C=C/C(C)OC(=O)CCC(O)S(=O)(=O)O. The molecule has 0 aliphatic heterocycles. The quantitative estimate of drug-likeness (QED) is 0.262. The van der Waals surface area contributed by atoms with E-state index in [0.29, 0.717) is 0 Å². The second-order valence-corrected chi connectivity index (χ2v) is 6.55. The normalized spacial score (nSPS) is 15.0. The third-order valence-corrected chi connectivity index (χ3v) is 3.81. The molecule has 0 radical (unpaired) electrons. The Morgan fingerprint density at radius 3 is 2.52 bits per heavy atom. The van der Waals surface area contributed by atoms with Gasteiger partial charge in [-0.25, -0.2) is 0 Å². The highest BCUT2D eigenvalue weighted by molar-refractivity contribution is 7.86. The average molecular weight is 322 g/mol. The number of aliphatic hydroxyl groups is 1. The van der Waals surface area contributed by atoms with E-state index in [1.165, 1.54) is 19.3 Å². The molecule has 2 atom stereocenters. The predicted molar refractivity (Wildman–Crippen MR) is 80.2 cm³/mol. The van der Waals surface area contributed by atoms with Crippen molar-refractivity contribution in [2.24, 2.45) is 0 Å². The number of allylic oxidation sites excluding steroid dienone is 1. The van der Waals surface area contributed by atoms with Crippen LogP contribution < -0.4 is 0 Å². The van der Waals surface area contributed by atoms with E-state index in [2.05, 4.69) is 6.92 Å². The summed E-state index contributed by atoms with van der Waals surface area (Å²) in [6.07, 6.45) is 8.32. The number of aliphatic hydroxyl groups excluding tert-OH is 1. The first kappa shape index (κ1) is 20.1. The lowest BCUT2D eigenvalue weighted by molar-refractivity contribution is -0.146. The first-order valence-corrected chi connectivity index (χ1v) is 8.78. The second-order valence-electron chi connectivity index (χ2n) is 4.98. The number of hydrogen-bond donors (Lipinski definition) is 2. The van der Waals surface area contributed by atoms with Gasteiger partial charge in [-0.05, 0) is 25.8 Å². The Balaban J connectivity index is 3.86. The van der Waals surface area contributed by atoms with Crippen LogP contribution in [0.25, 0.3) is 0 Å². The Morgan fingerprint density at radius 2 is 1.95 bits per heavy atom. The third-order valence-electron chi connectivity index (χ3n) is 2.89. The topological polar surface area (TPSA) is 101 Å². The van der Waals surface area contributed by atoms with Crippen LogP contribution in [0.1, 0.15) is 58.8 Å². The van der Waals surface area contributed by atoms with Crippen molar-refractivity contribution in [2.45, 2.75) is 70.3 Å². The largest absolute Gasteiger partial charge is 0.458 e. The van der Waals surface area contributed by atoms with E-state index in [4.69, 9.17) is 14.4 Å². The maximum absolute atomic E-state index is 11.4. The Labute approximate surface area is 126 Å². The molecular weight excluding hydrogens is 296 g/mol. The molecule has 6 nitrogen and oxygen atoms in total. The van der Waals surface area contributed by atoms with E-state index in [9.17, 15) is 13.2 Å². The van der Waals surface area contributed by atoms with Gasteiger partial charge in [-0.1, -0.05) is 32.3 Å². The molecule has 0 aromatic heterocycles. The van der Waals surface area contributed by atoms with Gasteiger partial charge in [0.1, 0.15) is 6.10 Å². The molecule has 0 aliphatic carbocycles. The fraction of sp³-hybridized carbons (Fsp3) is 0.786. The van der Waals surface area contributed by atoms with Crippen LogP contribution in [0, 0.1) is 0 Å². The molecule has 0 amide bonds. The molecule has 0 rings (SSSR count). The monoisotopic (exact) mass is 322 g/mol. The van der Waals surface area contributed by atoms with Gasteiger partial charge in [-0.3, -0.25) is 9.35 Å². The van der Waals surface area contributed by atoms with E-state index >= 15 is 0 Å². The molecule has 0 saturated heterocycles. The van der Waals surface area contributed by atoms with Crippen molar-refractivity contribution in [3.8, 4) is 0 Å². The molecule has 0 saturated carbocycles. The lowest BCUT2D eigenvalue weighted by Gasteiger charge is -2.10. The van der Waals surface area contributed by atoms with E-state index in [0.717, 1.165) is 12.8 Å². The number of unbranched alkanes of at least 4 members (excludes halogenated alkanes) is 4. The smallest absolute Gasteiger partial charge is 0.306 e. The van der Waals surface area contributed by atoms with Crippen LogP contribution in [0.4, 0.5) is 0 Å². The van der Waals surface area contributed by atoms with Crippen LogP contribution in [0.15, 0.2) is 12.2 Å². The van der Waals surface area contributed by atoms with Crippen molar-refractivity contribution in [1.82, 2.24) is 0 Å². The molecule has 0 spiro atoms. The van der Waals surface area contributed by atoms with Crippen molar-refractivity contribution in [1.29, 1.82) is 0 Å². The third kappa shape index (κ3) is 11.4. The van der Waals surface area contributed by atoms with Gasteiger partial charge >= 0.3 is 5.97 Å². The number of carbonyl (C=O) groups is 1. The fourth-order valence-corrected chi connectivity index (χ4v) is 2.09. The summed E-state index contributed by atoms with van der Waals surface area (Å²) in [5, 5.41) is 9.05. The number of esters is 1. The predicted octanol–water partition coefficient (Wildman–Crippen LogP) is 2.43. The molecule has 0 aromatic carbocycles. The summed E-state index contributed by atoms with van der Waals surface area (Å²) in [6, 6.07) is 0. The van der Waals surface area contributed by atoms with E-state index < -0.39 is 27.6 Å². The van der Waals surface area contributed by atoms with Crippen LogP contribution in [0.3, 0.4) is 0 Å². The van der Waals surface area contributed by atoms with Gasteiger partial charge < -0.3 is 9.84 Å². The van der Waals surface area contributed by atoms with Gasteiger partial charge in [0.25, 0.3) is 10.1 Å². The minimum Gasteiger partial charge on any atom is -0.458 e. The van der Waals surface area contributed by atoms with Crippen molar-refractivity contribution >= 4 is 16.1 Å². The molecule has 0 heterocycles. The first-order valence-electron chi connectivity index (χ1n) is 7.27. The van der Waals surface area contributed by atoms with Gasteiger partial charge in [0.15, 0.2) is 5.44 Å². The van der Waals surface area contributed by atoms with Crippen molar-refractivity contribution in [2.75, 3.05) is 0 Å². The van der Waals surface area contributed by atoms with Crippen LogP contribution in [0.2, 0.25) is 0 Å². The van der Waals surface area contributed by atoms with Gasteiger partial charge in [0.2, 0.25) is 0 Å². The summed E-state index contributed by atoms with van der Waals surface area (Å²) in [4.78, 5) is 11.4. The zero-order valence-corrected chi connectivity index (χ0v) is 13.5. The number of rotatable bonds is 11. The van der Waals surface area contributed by atoms with E-state index in [-0.39, 0.29) is 12.8 Å². The number of carbonyl (C=O) groups excluding carboxylic acids is 1. The summed E-state index contributed by atoms with van der Waals surface area (Å²) in [5.41, 5.74) is -1.95. The van der Waals surface area contributed by atoms with Gasteiger partial charge in [0.05, 0.1) is 0 Å². The minimum atomic E-state index is -4.52. The highest BCUT2D eigenvalue weighted by atomic mass is 32.2. The van der Waals surface area contributed by atoms with Crippen LogP contribution in [-0.4, -0.2) is 35.6 Å². The van der Waals surface area contributed by atoms with Gasteiger partial charge in [-0.2, -0.15) is 8.42 Å². The molecule has 2 N–H and O–H groups in total. The van der Waals surface area contributed by atoms with Crippen LogP contribution in [0.5, 0.6) is 0 Å². The van der Waals surface area contributed by atoms with Crippen molar-refractivity contribution < 1.29 is 27.6 Å². The fourth-order valence-electron chi connectivity index (χ4n) is 1.67. The van der Waals surface area contributed by atoms with Crippen molar-refractivity contribution in [3.05, 3.63) is 12.2 Å². The van der Waals surface area contributed by atoms with Crippen LogP contribution in [-0.2, 0) is 19.6 Å². The van der Waals surface area contributed by atoms with Gasteiger partial charge in [0, 0.05) is 12.8 Å². The molecular formula is C14H26O6S. The summed E-state index contributed by atoms with van der Waals surface area (Å²) < 4.78 is 34.7. The standard InChI is InChI=1S/C14H26O6S/c1-3-4-5-6-7-8-9-12(2)20-13(15)10-11-14(16)21(17,18)19/h8-9,12,14,16H,3-7,10-11H2,1-2H3,(H,17,18,19)/b9-8+. The molecule has 0 fully saturated rings. The Bertz CT molecular complexity index is 415. The average Bonchev–Trinajstić information content (AvgIpc) is 2.38. The Kier molecular flexibility index (Phi) is 10.3. The van der Waals surface area contributed by atoms with E-state index in [1.54, 1.807) is 13.0 Å². The maximum Gasteiger partial charge on any atom is 0.306 e. The lowest BCUT2D eigenvalue weighted by Crippen LogP contribution is -2.22. The summed E-state index contributed by atoms with van der Waals surface area (Å²) in [7, 11) is -4.52. The summed E-state index contributed by atoms with van der Waals surface area (Å²) in [5.74, 6) is -0.610. The Hall–Kier alpha value is -0.920. The highest BCUT2D eigenvalue weighted by Gasteiger charge is 2.21.